The number of nitrogens with zero attached hydrogens (tertiary/aromatic N) is 1. The van der Waals surface area contributed by atoms with Gasteiger partial charge in [0.25, 0.3) is 0 Å². The second-order valence-corrected chi connectivity index (χ2v) is 10.1. The summed E-state index contributed by atoms with van der Waals surface area (Å²) < 4.78 is 17.1. The Morgan fingerprint density at radius 1 is 0.868 bits per heavy atom. The van der Waals surface area contributed by atoms with Crippen molar-refractivity contribution in [3.8, 4) is 38.9 Å². The molecule has 7 heteroatoms. The number of benzene rings is 3. The Morgan fingerprint density at radius 3 is 2.24 bits per heavy atom. The van der Waals surface area contributed by atoms with Gasteiger partial charge in [-0.25, -0.2) is 9.78 Å². The minimum atomic E-state index is -1.01. The summed E-state index contributed by atoms with van der Waals surface area (Å²) in [7, 11) is 0. The molecule has 0 aliphatic heterocycles. The fourth-order valence-corrected chi connectivity index (χ4v) is 5.02. The number of rotatable bonds is 13. The van der Waals surface area contributed by atoms with Crippen LogP contribution in [0.3, 0.4) is 0 Å². The van der Waals surface area contributed by atoms with Gasteiger partial charge in [-0.2, -0.15) is 0 Å². The van der Waals surface area contributed by atoms with E-state index < -0.39 is 5.97 Å². The number of hydrogen-bond donors (Lipinski definition) is 1. The van der Waals surface area contributed by atoms with Crippen molar-refractivity contribution in [2.45, 2.75) is 46.6 Å². The third-order valence-corrected chi connectivity index (χ3v) is 6.96. The van der Waals surface area contributed by atoms with Gasteiger partial charge in [-0.3, -0.25) is 0 Å². The summed E-state index contributed by atoms with van der Waals surface area (Å²) in [5, 5.41) is 9.71. The summed E-state index contributed by atoms with van der Waals surface area (Å²) in [4.78, 5) is 16.9. The lowest BCUT2D eigenvalue weighted by molar-refractivity contribution is -0.139. The molecule has 0 aliphatic rings. The van der Waals surface area contributed by atoms with E-state index in [0.717, 1.165) is 57.3 Å². The summed E-state index contributed by atoms with van der Waals surface area (Å²) in [5.41, 5.74) is 5.22. The molecule has 198 valence electrons. The van der Waals surface area contributed by atoms with E-state index in [1.165, 1.54) is 5.56 Å². The van der Waals surface area contributed by atoms with Gasteiger partial charge in [-0.1, -0.05) is 44.5 Å². The van der Waals surface area contributed by atoms with Crippen LogP contribution in [0.15, 0.2) is 66.7 Å². The van der Waals surface area contributed by atoms with Crippen LogP contribution in [-0.4, -0.2) is 29.3 Å². The molecule has 0 saturated heterocycles. The highest BCUT2D eigenvalue weighted by molar-refractivity contribution is 7.15. The molecular formula is C31H33NO5S. The van der Waals surface area contributed by atoms with Gasteiger partial charge in [-0.05, 0) is 78.9 Å². The Kier molecular flexibility index (Phi) is 9.38. The molecule has 0 atom stereocenters. The second-order valence-electron chi connectivity index (χ2n) is 9.00. The highest BCUT2D eigenvalue weighted by Gasteiger charge is 2.16. The molecule has 6 nitrogen and oxygen atoms in total. The van der Waals surface area contributed by atoms with Crippen LogP contribution < -0.4 is 14.2 Å². The van der Waals surface area contributed by atoms with Gasteiger partial charge in [0.2, 0.25) is 0 Å². The molecule has 0 bridgehead atoms. The van der Waals surface area contributed by atoms with Gasteiger partial charge in [0.05, 0.1) is 17.2 Å². The lowest BCUT2D eigenvalue weighted by atomic mass is 10.0. The summed E-state index contributed by atoms with van der Waals surface area (Å²) >= 11 is 1.63. The van der Waals surface area contributed by atoms with Crippen molar-refractivity contribution in [3.05, 3.63) is 82.9 Å². The first-order chi connectivity index (χ1) is 18.5. The largest absolute Gasteiger partial charge is 0.494 e. The van der Waals surface area contributed by atoms with Crippen molar-refractivity contribution in [2.24, 2.45) is 0 Å². The molecule has 0 spiro atoms. The zero-order chi connectivity index (χ0) is 26.9. The van der Waals surface area contributed by atoms with Gasteiger partial charge >= 0.3 is 5.97 Å². The smallest absolute Gasteiger partial charge is 0.341 e. The minimum Gasteiger partial charge on any atom is -0.494 e. The van der Waals surface area contributed by atoms with Crippen molar-refractivity contribution in [1.82, 2.24) is 4.98 Å². The summed E-state index contributed by atoms with van der Waals surface area (Å²) in [5.74, 6) is 1.04. The van der Waals surface area contributed by atoms with Gasteiger partial charge in [0, 0.05) is 5.56 Å². The molecule has 4 rings (SSSR count). The number of hydrogen-bond acceptors (Lipinski definition) is 6. The van der Waals surface area contributed by atoms with Crippen LogP contribution in [0.25, 0.3) is 21.7 Å². The average Bonchev–Trinajstić information content (AvgIpc) is 3.35. The minimum absolute atomic E-state index is 0.318. The quantitative estimate of drug-likeness (QED) is 0.192. The van der Waals surface area contributed by atoms with Crippen molar-refractivity contribution >= 4 is 17.3 Å². The molecule has 0 aliphatic carbocycles. The van der Waals surface area contributed by atoms with E-state index >= 15 is 0 Å². The van der Waals surface area contributed by atoms with Crippen LogP contribution in [0.1, 0.15) is 42.8 Å². The standard InChI is InChI=1S/C31H33NO5S/c1-4-6-22-7-9-24(10-8-22)31-30(23-11-13-25(14-12-23)35-17-5-2)32-28(38-31)19-36-26-15-16-27(21(3)18-26)37-20-29(33)34/h7-16,18H,4-6,17,19-20H2,1-3H3,(H,33,34). The van der Waals surface area contributed by atoms with Crippen molar-refractivity contribution < 1.29 is 24.1 Å². The fourth-order valence-electron chi connectivity index (χ4n) is 4.02. The topological polar surface area (TPSA) is 77.9 Å². The van der Waals surface area contributed by atoms with Gasteiger partial charge in [0.1, 0.15) is 28.9 Å². The average molecular weight is 532 g/mol. The van der Waals surface area contributed by atoms with Gasteiger partial charge in [0.15, 0.2) is 6.61 Å². The number of thiazole rings is 1. The first kappa shape index (κ1) is 27.2. The summed E-state index contributed by atoms with van der Waals surface area (Å²) in [6.07, 6.45) is 3.14. The maximum absolute atomic E-state index is 10.8. The Bertz CT molecular complexity index is 1350. The predicted molar refractivity (Wildman–Crippen MR) is 151 cm³/mol. The Balaban J connectivity index is 1.57. The Morgan fingerprint density at radius 2 is 1.58 bits per heavy atom. The zero-order valence-corrected chi connectivity index (χ0v) is 22.8. The van der Waals surface area contributed by atoms with E-state index in [-0.39, 0.29) is 6.61 Å². The second kappa shape index (κ2) is 13.1. The van der Waals surface area contributed by atoms with Crippen molar-refractivity contribution in [3.63, 3.8) is 0 Å². The lowest BCUT2D eigenvalue weighted by Crippen LogP contribution is -2.10. The van der Waals surface area contributed by atoms with Gasteiger partial charge in [-0.15, -0.1) is 11.3 Å². The van der Waals surface area contributed by atoms with Crippen LogP contribution in [0.4, 0.5) is 0 Å². The number of ether oxygens (including phenoxy) is 3. The van der Waals surface area contributed by atoms with Crippen LogP contribution in [0, 0.1) is 6.92 Å². The molecule has 0 radical (unpaired) electrons. The third-order valence-electron chi connectivity index (χ3n) is 5.89. The first-order valence-corrected chi connectivity index (χ1v) is 13.7. The van der Waals surface area contributed by atoms with E-state index in [9.17, 15) is 4.79 Å². The molecule has 1 aromatic heterocycles. The molecule has 38 heavy (non-hydrogen) atoms. The van der Waals surface area contributed by atoms with Crippen molar-refractivity contribution in [1.29, 1.82) is 0 Å². The van der Waals surface area contributed by atoms with E-state index in [0.29, 0.717) is 24.7 Å². The lowest BCUT2D eigenvalue weighted by Gasteiger charge is -2.09. The maximum atomic E-state index is 10.8. The number of aromatic nitrogens is 1. The fraction of sp³-hybridized carbons (Fsp3) is 0.290. The zero-order valence-electron chi connectivity index (χ0n) is 22.0. The van der Waals surface area contributed by atoms with Crippen LogP contribution >= 0.6 is 11.3 Å². The summed E-state index contributed by atoms with van der Waals surface area (Å²) in [6, 6.07) is 22.2. The number of carboxylic acid groups (broad SMARTS) is 1. The summed E-state index contributed by atoms with van der Waals surface area (Å²) in [6.45, 7) is 6.77. The van der Waals surface area contributed by atoms with Crippen LogP contribution in [-0.2, 0) is 17.8 Å². The highest BCUT2D eigenvalue weighted by Crippen LogP contribution is 2.38. The molecule has 1 N–H and O–H groups in total. The normalized spacial score (nSPS) is 10.8. The third kappa shape index (κ3) is 7.13. The predicted octanol–water partition coefficient (Wildman–Crippen LogP) is 7.57. The molecular weight excluding hydrogens is 498 g/mol. The molecule has 0 amide bonds. The van der Waals surface area contributed by atoms with E-state index in [4.69, 9.17) is 24.3 Å². The maximum Gasteiger partial charge on any atom is 0.341 e. The first-order valence-electron chi connectivity index (χ1n) is 12.9. The monoisotopic (exact) mass is 531 g/mol. The van der Waals surface area contributed by atoms with E-state index in [2.05, 4.69) is 50.2 Å². The van der Waals surface area contributed by atoms with Crippen molar-refractivity contribution in [2.75, 3.05) is 13.2 Å². The van der Waals surface area contributed by atoms with Gasteiger partial charge < -0.3 is 19.3 Å². The van der Waals surface area contributed by atoms with E-state index in [1.54, 1.807) is 23.5 Å². The van der Waals surface area contributed by atoms with Crippen LogP contribution in [0.2, 0.25) is 0 Å². The molecule has 0 unspecified atom stereocenters. The van der Waals surface area contributed by atoms with Crippen LogP contribution in [0.5, 0.6) is 17.2 Å². The molecule has 4 aromatic rings. The Labute approximate surface area is 227 Å². The highest BCUT2D eigenvalue weighted by atomic mass is 32.1. The molecule has 1 heterocycles. The number of aliphatic carboxylic acids is 1. The number of aryl methyl sites for hydroxylation is 2. The SMILES string of the molecule is CCCOc1ccc(-c2nc(COc3ccc(OCC(=O)O)c(C)c3)sc2-c2ccc(CCC)cc2)cc1. The molecule has 3 aromatic carbocycles. The molecule has 0 saturated carbocycles. The Hall–Kier alpha value is -3.84. The van der Waals surface area contributed by atoms with E-state index in [1.807, 2.05) is 25.1 Å². The number of carbonyl (C=O) groups is 1. The molecule has 0 fully saturated rings. The number of carboxylic acids is 1.